The number of amides is 1. The van der Waals surface area contributed by atoms with Crippen molar-refractivity contribution in [3.05, 3.63) is 41.3 Å². The van der Waals surface area contributed by atoms with Crippen LogP contribution in [0.1, 0.15) is 12.5 Å². The summed E-state index contributed by atoms with van der Waals surface area (Å²) in [5.74, 6) is -0.390. The number of carboxylic acids is 1. The largest absolute Gasteiger partial charge is 0.490 e. The first-order chi connectivity index (χ1) is 12.0. The normalized spacial score (nSPS) is 15.6. The Bertz CT molecular complexity index is 745. The van der Waals surface area contributed by atoms with E-state index in [-0.39, 0.29) is 4.32 Å². The van der Waals surface area contributed by atoms with E-state index in [0.29, 0.717) is 29.6 Å². The van der Waals surface area contributed by atoms with Crippen LogP contribution in [0.2, 0.25) is 0 Å². The fourth-order valence-corrected chi connectivity index (χ4v) is 3.33. The van der Waals surface area contributed by atoms with Gasteiger partial charge < -0.3 is 14.6 Å². The fraction of sp³-hybridized carbons (Fsp3) is 0.235. The molecule has 0 spiro atoms. The molecule has 1 amide bonds. The summed E-state index contributed by atoms with van der Waals surface area (Å²) in [6, 6.07) is 5.29. The molecule has 2 rings (SSSR count). The Hall–Kier alpha value is -2.32. The van der Waals surface area contributed by atoms with Gasteiger partial charge in [-0.2, -0.15) is 0 Å². The van der Waals surface area contributed by atoms with Crippen LogP contribution in [-0.4, -0.2) is 46.0 Å². The van der Waals surface area contributed by atoms with E-state index in [1.54, 1.807) is 30.4 Å². The van der Waals surface area contributed by atoms with Gasteiger partial charge in [0.25, 0.3) is 5.91 Å². The van der Waals surface area contributed by atoms with Gasteiger partial charge in [-0.1, -0.05) is 42.7 Å². The maximum atomic E-state index is 12.3. The Morgan fingerprint density at radius 1 is 1.40 bits per heavy atom. The minimum atomic E-state index is -1.11. The van der Waals surface area contributed by atoms with Gasteiger partial charge >= 0.3 is 5.97 Å². The minimum Gasteiger partial charge on any atom is -0.490 e. The monoisotopic (exact) mass is 379 g/mol. The lowest BCUT2D eigenvalue weighted by molar-refractivity contribution is -0.140. The highest BCUT2D eigenvalue weighted by molar-refractivity contribution is 8.26. The molecule has 6 nitrogen and oxygen atoms in total. The maximum Gasteiger partial charge on any atom is 0.323 e. The highest BCUT2D eigenvalue weighted by Gasteiger charge is 2.33. The van der Waals surface area contributed by atoms with E-state index in [0.717, 1.165) is 22.2 Å². The van der Waals surface area contributed by atoms with Crippen LogP contribution in [0.3, 0.4) is 0 Å². The van der Waals surface area contributed by atoms with Crippen LogP contribution in [-0.2, 0) is 9.59 Å². The quantitative estimate of drug-likeness (QED) is 0.423. The number of hydrogen-bond donors (Lipinski definition) is 1. The van der Waals surface area contributed by atoms with Gasteiger partial charge in [-0.15, -0.1) is 0 Å². The zero-order chi connectivity index (χ0) is 18.4. The number of carboxylic acid groups (broad SMARTS) is 1. The summed E-state index contributed by atoms with van der Waals surface area (Å²) in [4.78, 5) is 24.6. The number of carbonyl (C=O) groups excluding carboxylic acids is 1. The topological polar surface area (TPSA) is 76.1 Å². The van der Waals surface area contributed by atoms with E-state index in [2.05, 4.69) is 6.58 Å². The lowest BCUT2D eigenvalue weighted by Crippen LogP contribution is -2.33. The van der Waals surface area contributed by atoms with E-state index in [1.165, 1.54) is 0 Å². The van der Waals surface area contributed by atoms with Crippen LogP contribution in [0.4, 0.5) is 0 Å². The van der Waals surface area contributed by atoms with Gasteiger partial charge in [0.1, 0.15) is 17.5 Å². The molecule has 1 N–H and O–H groups in total. The molecular formula is C17H17NO5S2. The number of hydrogen-bond acceptors (Lipinski definition) is 6. The molecule has 1 aromatic rings. The third kappa shape index (κ3) is 4.83. The molecule has 1 saturated heterocycles. The zero-order valence-electron chi connectivity index (χ0n) is 13.6. The van der Waals surface area contributed by atoms with Crippen molar-refractivity contribution >= 4 is 46.3 Å². The van der Waals surface area contributed by atoms with Gasteiger partial charge in [-0.25, -0.2) is 0 Å². The lowest BCUT2D eigenvalue weighted by Gasteiger charge is -2.11. The Kier molecular flexibility index (Phi) is 6.60. The molecule has 0 aromatic heterocycles. The van der Waals surface area contributed by atoms with Crippen LogP contribution in [0, 0.1) is 0 Å². The molecule has 25 heavy (non-hydrogen) atoms. The van der Waals surface area contributed by atoms with Gasteiger partial charge in [-0.05, 0) is 30.7 Å². The molecule has 1 aliphatic heterocycles. The van der Waals surface area contributed by atoms with Crippen molar-refractivity contribution < 1.29 is 24.2 Å². The molecule has 0 bridgehead atoms. The van der Waals surface area contributed by atoms with Crippen molar-refractivity contribution in [1.82, 2.24) is 4.90 Å². The van der Waals surface area contributed by atoms with E-state index >= 15 is 0 Å². The number of carbonyl (C=O) groups is 2. The molecule has 0 atom stereocenters. The van der Waals surface area contributed by atoms with Crippen molar-refractivity contribution in [2.75, 3.05) is 19.8 Å². The average molecular weight is 379 g/mol. The molecule has 132 valence electrons. The molecule has 0 saturated carbocycles. The number of thiocarbonyl (C=S) groups is 1. The number of aliphatic carboxylic acids is 1. The smallest absolute Gasteiger partial charge is 0.323 e. The van der Waals surface area contributed by atoms with Gasteiger partial charge in [-0.3, -0.25) is 14.5 Å². The summed E-state index contributed by atoms with van der Waals surface area (Å²) >= 11 is 6.15. The molecule has 1 heterocycles. The molecular weight excluding hydrogens is 362 g/mol. The third-order valence-electron chi connectivity index (χ3n) is 3.09. The van der Waals surface area contributed by atoms with Crippen LogP contribution < -0.4 is 9.47 Å². The predicted octanol–water partition coefficient (Wildman–Crippen LogP) is 2.94. The van der Waals surface area contributed by atoms with E-state index in [1.807, 2.05) is 6.92 Å². The van der Waals surface area contributed by atoms with Crippen molar-refractivity contribution in [2.24, 2.45) is 0 Å². The highest BCUT2D eigenvalue weighted by atomic mass is 32.2. The minimum absolute atomic E-state index is 0.231. The summed E-state index contributed by atoms with van der Waals surface area (Å²) in [6.45, 7) is 5.85. The number of ether oxygens (including phenoxy) is 2. The van der Waals surface area contributed by atoms with Crippen LogP contribution in [0.25, 0.3) is 6.08 Å². The fourth-order valence-electron chi connectivity index (χ4n) is 2.07. The van der Waals surface area contributed by atoms with Gasteiger partial charge in [0.2, 0.25) is 0 Å². The van der Waals surface area contributed by atoms with Crippen LogP contribution in [0.5, 0.6) is 11.5 Å². The summed E-state index contributed by atoms with van der Waals surface area (Å²) < 4.78 is 11.3. The summed E-state index contributed by atoms with van der Waals surface area (Å²) in [5, 5.41) is 8.86. The summed E-state index contributed by atoms with van der Waals surface area (Å²) in [6.07, 6.45) is 3.29. The lowest BCUT2D eigenvalue weighted by atomic mass is 10.2. The maximum absolute atomic E-state index is 12.3. The summed E-state index contributed by atoms with van der Waals surface area (Å²) in [5.41, 5.74) is 0.727. The first-order valence-corrected chi connectivity index (χ1v) is 8.66. The Labute approximate surface area is 155 Å². The second kappa shape index (κ2) is 8.68. The molecule has 8 heteroatoms. The Balaban J connectivity index is 2.26. The van der Waals surface area contributed by atoms with E-state index in [9.17, 15) is 9.59 Å². The molecule has 0 unspecified atom stereocenters. The molecule has 1 aromatic carbocycles. The van der Waals surface area contributed by atoms with Crippen LogP contribution >= 0.6 is 24.0 Å². The molecule has 0 radical (unpaired) electrons. The van der Waals surface area contributed by atoms with Crippen molar-refractivity contribution in [1.29, 1.82) is 0 Å². The number of rotatable bonds is 8. The number of benzene rings is 1. The Morgan fingerprint density at radius 2 is 2.16 bits per heavy atom. The van der Waals surface area contributed by atoms with Crippen molar-refractivity contribution in [3.8, 4) is 11.5 Å². The zero-order valence-corrected chi connectivity index (χ0v) is 15.2. The van der Waals surface area contributed by atoms with Gasteiger partial charge in [0, 0.05) is 0 Å². The first kappa shape index (κ1) is 19.0. The highest BCUT2D eigenvalue weighted by Crippen LogP contribution is 2.34. The summed E-state index contributed by atoms with van der Waals surface area (Å²) in [7, 11) is 0. The molecule has 1 fully saturated rings. The third-order valence-corrected chi connectivity index (χ3v) is 4.47. The average Bonchev–Trinajstić information content (AvgIpc) is 2.81. The van der Waals surface area contributed by atoms with Crippen molar-refractivity contribution in [2.45, 2.75) is 6.92 Å². The Morgan fingerprint density at radius 3 is 2.80 bits per heavy atom. The molecule has 1 aliphatic rings. The standard InChI is InChI=1S/C17H17NO5S2/c1-3-7-23-12-6-5-11(8-13(12)22-4-2)9-14-16(21)18(10-15(19)20)17(24)25-14/h3,5-6,8-9H,1,4,7,10H2,2H3,(H,19,20)/b14-9-. The number of thioether (sulfide) groups is 1. The predicted molar refractivity (Wildman–Crippen MR) is 101 cm³/mol. The first-order valence-electron chi connectivity index (χ1n) is 7.44. The van der Waals surface area contributed by atoms with Gasteiger partial charge in [0.15, 0.2) is 11.5 Å². The second-order valence-electron chi connectivity index (χ2n) is 4.90. The second-order valence-corrected chi connectivity index (χ2v) is 6.58. The SMILES string of the molecule is C=CCOc1ccc(/C=C2\SC(=S)N(CC(=O)O)C2=O)cc1OCC. The number of nitrogens with zero attached hydrogens (tertiary/aromatic N) is 1. The van der Waals surface area contributed by atoms with E-state index in [4.69, 9.17) is 26.8 Å². The van der Waals surface area contributed by atoms with Gasteiger partial charge in [0.05, 0.1) is 11.5 Å². The van der Waals surface area contributed by atoms with Crippen molar-refractivity contribution in [3.63, 3.8) is 0 Å². The molecule has 0 aliphatic carbocycles. The van der Waals surface area contributed by atoms with Crippen LogP contribution in [0.15, 0.2) is 35.8 Å². The van der Waals surface area contributed by atoms with E-state index < -0.39 is 18.4 Å².